The Balaban J connectivity index is 4.11. The molecule has 0 saturated heterocycles. The smallest absolute Gasteiger partial charge is 0.0692 e. The number of hydrogen-bond donors (Lipinski definition) is 2. The van der Waals surface area contributed by atoms with E-state index in [1.54, 1.807) is 19.9 Å². The average molecular weight is 158 g/mol. The number of aliphatic hydroxyl groups is 2. The van der Waals surface area contributed by atoms with Gasteiger partial charge in [-0.3, -0.25) is 0 Å². The van der Waals surface area contributed by atoms with Gasteiger partial charge in [-0.05, 0) is 13.8 Å². The topological polar surface area (TPSA) is 40.5 Å². The van der Waals surface area contributed by atoms with Crippen LogP contribution in [-0.4, -0.2) is 22.4 Å². The van der Waals surface area contributed by atoms with E-state index in [1.165, 1.54) is 0 Å². The summed E-state index contributed by atoms with van der Waals surface area (Å²) in [5.41, 5.74) is -0.253. The molecule has 0 heterocycles. The summed E-state index contributed by atoms with van der Waals surface area (Å²) in [6.07, 6.45) is 2.69. The van der Waals surface area contributed by atoms with Gasteiger partial charge in [-0.2, -0.15) is 0 Å². The zero-order chi connectivity index (χ0) is 9.07. The summed E-state index contributed by atoms with van der Waals surface area (Å²) in [6.45, 7) is 7.29. The molecule has 0 aliphatic rings. The zero-order valence-electron chi connectivity index (χ0n) is 7.70. The Morgan fingerprint density at radius 3 is 1.91 bits per heavy atom. The standard InChI is InChI=1S/C9H18O2/c1-7(10)5-6-9(3,4)8(2)11/h5-8,10-11H,1-4H3. The van der Waals surface area contributed by atoms with Gasteiger partial charge in [0, 0.05) is 5.41 Å². The van der Waals surface area contributed by atoms with Crippen molar-refractivity contribution in [2.24, 2.45) is 5.41 Å². The Labute approximate surface area is 68.6 Å². The number of aliphatic hydroxyl groups excluding tert-OH is 2. The van der Waals surface area contributed by atoms with Gasteiger partial charge in [-0.25, -0.2) is 0 Å². The van der Waals surface area contributed by atoms with Crippen LogP contribution < -0.4 is 0 Å². The number of rotatable bonds is 3. The zero-order valence-corrected chi connectivity index (χ0v) is 7.70. The van der Waals surface area contributed by atoms with Crippen LogP contribution in [0.5, 0.6) is 0 Å². The van der Waals surface area contributed by atoms with Crippen molar-refractivity contribution in [2.45, 2.75) is 39.9 Å². The second kappa shape index (κ2) is 3.88. The monoisotopic (exact) mass is 158 g/mol. The molecule has 2 atom stereocenters. The van der Waals surface area contributed by atoms with Gasteiger partial charge in [0.1, 0.15) is 0 Å². The lowest BCUT2D eigenvalue weighted by Crippen LogP contribution is -2.24. The van der Waals surface area contributed by atoms with Crippen molar-refractivity contribution in [3.63, 3.8) is 0 Å². The van der Waals surface area contributed by atoms with Gasteiger partial charge in [-0.1, -0.05) is 26.0 Å². The summed E-state index contributed by atoms with van der Waals surface area (Å²) in [4.78, 5) is 0. The summed E-state index contributed by atoms with van der Waals surface area (Å²) in [7, 11) is 0. The first-order valence-corrected chi connectivity index (χ1v) is 3.92. The van der Waals surface area contributed by atoms with Gasteiger partial charge >= 0.3 is 0 Å². The van der Waals surface area contributed by atoms with Crippen LogP contribution in [0.4, 0.5) is 0 Å². The van der Waals surface area contributed by atoms with Crippen molar-refractivity contribution in [1.82, 2.24) is 0 Å². The Morgan fingerprint density at radius 2 is 1.64 bits per heavy atom. The van der Waals surface area contributed by atoms with Crippen LogP contribution in [0.2, 0.25) is 0 Å². The first-order chi connectivity index (χ1) is 4.86. The van der Waals surface area contributed by atoms with Crippen LogP contribution in [0.3, 0.4) is 0 Å². The third-order valence-electron chi connectivity index (χ3n) is 1.88. The van der Waals surface area contributed by atoms with E-state index in [0.29, 0.717) is 0 Å². The van der Waals surface area contributed by atoms with Crippen molar-refractivity contribution >= 4 is 0 Å². The molecule has 2 heteroatoms. The summed E-state index contributed by atoms with van der Waals surface area (Å²) in [5, 5.41) is 18.2. The molecule has 0 aliphatic heterocycles. The quantitative estimate of drug-likeness (QED) is 0.608. The molecule has 66 valence electrons. The third kappa shape index (κ3) is 4.17. The van der Waals surface area contributed by atoms with E-state index >= 15 is 0 Å². The lowest BCUT2D eigenvalue weighted by atomic mass is 9.87. The van der Waals surface area contributed by atoms with E-state index < -0.39 is 12.2 Å². The van der Waals surface area contributed by atoms with Crippen molar-refractivity contribution in [2.75, 3.05) is 0 Å². The average Bonchev–Trinajstić information content (AvgIpc) is 1.84. The summed E-state index contributed by atoms with van der Waals surface area (Å²) in [6, 6.07) is 0. The Kier molecular flexibility index (Phi) is 3.76. The van der Waals surface area contributed by atoms with Crippen LogP contribution >= 0.6 is 0 Å². The Morgan fingerprint density at radius 1 is 1.18 bits per heavy atom. The van der Waals surface area contributed by atoms with Crippen molar-refractivity contribution < 1.29 is 10.2 Å². The van der Waals surface area contributed by atoms with Gasteiger partial charge in [0.25, 0.3) is 0 Å². The molecular formula is C9H18O2. The maximum absolute atomic E-state index is 9.26. The molecule has 0 aromatic rings. The van der Waals surface area contributed by atoms with E-state index in [9.17, 15) is 5.11 Å². The van der Waals surface area contributed by atoms with E-state index in [0.717, 1.165) is 0 Å². The van der Waals surface area contributed by atoms with Gasteiger partial charge in [0.05, 0.1) is 12.2 Å². The molecule has 2 unspecified atom stereocenters. The van der Waals surface area contributed by atoms with E-state index in [4.69, 9.17) is 5.11 Å². The highest BCUT2D eigenvalue weighted by Crippen LogP contribution is 2.21. The fourth-order valence-corrected chi connectivity index (χ4v) is 0.527. The van der Waals surface area contributed by atoms with Crippen LogP contribution in [0.1, 0.15) is 27.7 Å². The normalized spacial score (nSPS) is 18.7. The molecule has 0 saturated carbocycles. The summed E-state index contributed by atoms with van der Waals surface area (Å²) < 4.78 is 0. The van der Waals surface area contributed by atoms with Gasteiger partial charge in [0.2, 0.25) is 0 Å². The Hall–Kier alpha value is -0.340. The van der Waals surface area contributed by atoms with Crippen molar-refractivity contribution in [3.05, 3.63) is 12.2 Å². The first-order valence-electron chi connectivity index (χ1n) is 3.92. The highest BCUT2D eigenvalue weighted by Gasteiger charge is 2.19. The second-order valence-electron chi connectivity index (χ2n) is 3.60. The van der Waals surface area contributed by atoms with Crippen LogP contribution in [0, 0.1) is 5.41 Å². The summed E-state index contributed by atoms with van der Waals surface area (Å²) >= 11 is 0. The fraction of sp³-hybridized carbons (Fsp3) is 0.778. The first kappa shape index (κ1) is 10.7. The fourth-order valence-electron chi connectivity index (χ4n) is 0.527. The predicted molar refractivity (Wildman–Crippen MR) is 46.3 cm³/mol. The molecule has 11 heavy (non-hydrogen) atoms. The molecule has 0 aromatic heterocycles. The van der Waals surface area contributed by atoms with Gasteiger partial charge < -0.3 is 10.2 Å². The molecule has 0 amide bonds. The molecule has 0 bridgehead atoms. The maximum atomic E-state index is 9.26. The highest BCUT2D eigenvalue weighted by molar-refractivity contribution is 4.99. The van der Waals surface area contributed by atoms with Crippen molar-refractivity contribution in [3.8, 4) is 0 Å². The second-order valence-corrected chi connectivity index (χ2v) is 3.60. The maximum Gasteiger partial charge on any atom is 0.0692 e. The van der Waals surface area contributed by atoms with E-state index in [-0.39, 0.29) is 5.41 Å². The largest absolute Gasteiger partial charge is 0.393 e. The lowest BCUT2D eigenvalue weighted by molar-refractivity contribution is 0.0986. The molecule has 0 aliphatic carbocycles. The van der Waals surface area contributed by atoms with Gasteiger partial charge in [0.15, 0.2) is 0 Å². The molecule has 2 nitrogen and oxygen atoms in total. The van der Waals surface area contributed by atoms with Crippen LogP contribution in [0.15, 0.2) is 12.2 Å². The van der Waals surface area contributed by atoms with E-state index in [2.05, 4.69) is 0 Å². The minimum absolute atomic E-state index is 0.253. The lowest BCUT2D eigenvalue weighted by Gasteiger charge is -2.23. The molecule has 0 radical (unpaired) electrons. The van der Waals surface area contributed by atoms with Crippen molar-refractivity contribution in [1.29, 1.82) is 0 Å². The molecule has 2 N–H and O–H groups in total. The van der Waals surface area contributed by atoms with E-state index in [1.807, 2.05) is 19.9 Å². The molecule has 0 spiro atoms. The minimum atomic E-state index is -0.437. The van der Waals surface area contributed by atoms with Crippen LogP contribution in [0.25, 0.3) is 0 Å². The highest BCUT2D eigenvalue weighted by atomic mass is 16.3. The SMILES string of the molecule is CC(O)C=CC(C)(C)C(C)O. The predicted octanol–water partition coefficient (Wildman–Crippen LogP) is 1.33. The molecule has 0 fully saturated rings. The number of hydrogen-bond acceptors (Lipinski definition) is 2. The summed E-state index contributed by atoms with van der Waals surface area (Å²) in [5.74, 6) is 0. The molecule has 0 rings (SSSR count). The van der Waals surface area contributed by atoms with Crippen LogP contribution in [-0.2, 0) is 0 Å². The third-order valence-corrected chi connectivity index (χ3v) is 1.88. The minimum Gasteiger partial charge on any atom is -0.393 e. The molecule has 0 aromatic carbocycles. The van der Waals surface area contributed by atoms with Gasteiger partial charge in [-0.15, -0.1) is 0 Å². The Bertz CT molecular complexity index is 134. The molecular weight excluding hydrogens is 140 g/mol.